The molecule has 0 atom stereocenters. The molecule has 3 nitrogen and oxygen atoms in total. The van der Waals surface area contributed by atoms with Gasteiger partial charge in [-0.25, -0.2) is 8.78 Å². The van der Waals surface area contributed by atoms with Gasteiger partial charge in [-0.3, -0.25) is 4.79 Å². The topological polar surface area (TPSA) is 32.3 Å². The second-order valence-corrected chi connectivity index (χ2v) is 4.20. The zero-order valence-corrected chi connectivity index (χ0v) is 10.9. The van der Waals surface area contributed by atoms with Crippen molar-refractivity contribution in [2.24, 2.45) is 5.92 Å². The highest BCUT2D eigenvalue weighted by Gasteiger charge is 2.26. The number of hydrogen-bond donors (Lipinski definition) is 1. The van der Waals surface area contributed by atoms with Crippen molar-refractivity contribution in [1.82, 2.24) is 10.2 Å². The van der Waals surface area contributed by atoms with Gasteiger partial charge in [-0.1, -0.05) is 6.92 Å². The molecule has 0 aromatic heterocycles. The summed E-state index contributed by atoms with van der Waals surface area (Å²) in [7, 11) is 0. The van der Waals surface area contributed by atoms with Crippen molar-refractivity contribution in [3.05, 3.63) is 0 Å². The molecule has 0 aliphatic carbocycles. The maximum atomic E-state index is 12.3. The standard InChI is InChI=1S/C11H20F2N2O.ClH/c1-2-7-15(8-10(12)13)11(16)9-3-5-14-6-4-9;/h9-10,14H,2-8H2,1H3;1H. The number of carbonyl (C=O) groups is 1. The summed E-state index contributed by atoms with van der Waals surface area (Å²) in [6.45, 7) is 3.54. The van der Waals surface area contributed by atoms with E-state index in [0.29, 0.717) is 6.54 Å². The Morgan fingerprint density at radius 3 is 2.47 bits per heavy atom. The third-order valence-electron chi connectivity index (χ3n) is 2.85. The average molecular weight is 271 g/mol. The zero-order chi connectivity index (χ0) is 12.0. The number of hydrogen-bond acceptors (Lipinski definition) is 2. The van der Waals surface area contributed by atoms with Gasteiger partial charge < -0.3 is 10.2 Å². The summed E-state index contributed by atoms with van der Waals surface area (Å²) in [5.41, 5.74) is 0. The van der Waals surface area contributed by atoms with Crippen LogP contribution in [-0.2, 0) is 4.79 Å². The van der Waals surface area contributed by atoms with Gasteiger partial charge in [0.1, 0.15) is 0 Å². The predicted octanol–water partition coefficient (Wildman–Crippen LogP) is 1.91. The number of carbonyl (C=O) groups excluding carboxylic acids is 1. The summed E-state index contributed by atoms with van der Waals surface area (Å²) in [4.78, 5) is 13.3. The highest BCUT2D eigenvalue weighted by molar-refractivity contribution is 5.85. The molecule has 1 saturated heterocycles. The minimum absolute atomic E-state index is 0. The minimum atomic E-state index is -2.43. The first-order chi connectivity index (χ1) is 7.65. The third kappa shape index (κ3) is 5.64. The largest absolute Gasteiger partial charge is 0.337 e. The van der Waals surface area contributed by atoms with Gasteiger partial charge in [0.25, 0.3) is 6.43 Å². The second-order valence-electron chi connectivity index (χ2n) is 4.20. The van der Waals surface area contributed by atoms with Crippen LogP contribution < -0.4 is 5.32 Å². The van der Waals surface area contributed by atoms with Gasteiger partial charge in [-0.2, -0.15) is 0 Å². The van der Waals surface area contributed by atoms with E-state index in [0.717, 1.165) is 32.4 Å². The van der Waals surface area contributed by atoms with Crippen molar-refractivity contribution in [1.29, 1.82) is 0 Å². The van der Waals surface area contributed by atoms with E-state index in [4.69, 9.17) is 0 Å². The van der Waals surface area contributed by atoms with Gasteiger partial charge in [0.15, 0.2) is 0 Å². The van der Waals surface area contributed by atoms with E-state index in [1.165, 1.54) is 4.90 Å². The Morgan fingerprint density at radius 2 is 2.00 bits per heavy atom. The summed E-state index contributed by atoms with van der Waals surface area (Å²) in [5, 5.41) is 3.16. The van der Waals surface area contributed by atoms with Crippen LogP contribution in [0.2, 0.25) is 0 Å². The van der Waals surface area contributed by atoms with Crippen molar-refractivity contribution in [3.8, 4) is 0 Å². The smallest absolute Gasteiger partial charge is 0.255 e. The Hall–Kier alpha value is -0.420. The van der Waals surface area contributed by atoms with Crippen LogP contribution in [0.3, 0.4) is 0 Å². The maximum Gasteiger partial charge on any atom is 0.255 e. The number of nitrogens with zero attached hydrogens (tertiary/aromatic N) is 1. The molecule has 1 rings (SSSR count). The van der Waals surface area contributed by atoms with Crippen LogP contribution in [0.5, 0.6) is 0 Å². The Labute approximate surface area is 107 Å². The number of alkyl halides is 2. The molecule has 0 saturated carbocycles. The first-order valence-electron chi connectivity index (χ1n) is 5.92. The number of amides is 1. The van der Waals surface area contributed by atoms with Crippen LogP contribution in [0.25, 0.3) is 0 Å². The summed E-state index contributed by atoms with van der Waals surface area (Å²) in [5.74, 6) is -0.157. The number of nitrogens with one attached hydrogen (secondary N) is 1. The fourth-order valence-electron chi connectivity index (χ4n) is 2.06. The Balaban J connectivity index is 0.00000256. The van der Waals surface area contributed by atoms with Crippen LogP contribution >= 0.6 is 12.4 Å². The van der Waals surface area contributed by atoms with Gasteiger partial charge in [0, 0.05) is 12.5 Å². The lowest BCUT2D eigenvalue weighted by Crippen LogP contribution is -2.43. The number of rotatable bonds is 5. The van der Waals surface area contributed by atoms with E-state index in [1.54, 1.807) is 0 Å². The van der Waals surface area contributed by atoms with E-state index >= 15 is 0 Å². The lowest BCUT2D eigenvalue weighted by Gasteiger charge is -2.29. The van der Waals surface area contributed by atoms with Crippen LogP contribution in [0.15, 0.2) is 0 Å². The minimum Gasteiger partial charge on any atom is -0.337 e. The summed E-state index contributed by atoms with van der Waals surface area (Å²) < 4.78 is 24.7. The van der Waals surface area contributed by atoms with E-state index < -0.39 is 13.0 Å². The van der Waals surface area contributed by atoms with Crippen molar-refractivity contribution in [3.63, 3.8) is 0 Å². The Morgan fingerprint density at radius 1 is 1.41 bits per heavy atom. The normalized spacial score (nSPS) is 16.7. The zero-order valence-electron chi connectivity index (χ0n) is 10.1. The van der Waals surface area contributed by atoms with E-state index in [9.17, 15) is 13.6 Å². The van der Waals surface area contributed by atoms with Gasteiger partial charge >= 0.3 is 0 Å². The molecule has 1 aliphatic rings. The molecule has 6 heteroatoms. The Bertz CT molecular complexity index is 224. The molecule has 0 bridgehead atoms. The van der Waals surface area contributed by atoms with E-state index in [-0.39, 0.29) is 24.2 Å². The molecule has 0 radical (unpaired) electrons. The summed E-state index contributed by atoms with van der Waals surface area (Å²) in [6.07, 6.45) is -0.175. The van der Waals surface area contributed by atoms with E-state index in [2.05, 4.69) is 5.32 Å². The molecule has 1 fully saturated rings. The molecule has 102 valence electrons. The molecule has 0 aromatic carbocycles. The fraction of sp³-hybridized carbons (Fsp3) is 0.909. The van der Waals surface area contributed by atoms with E-state index in [1.807, 2.05) is 6.92 Å². The third-order valence-corrected chi connectivity index (χ3v) is 2.85. The molecule has 1 amide bonds. The molecule has 0 aromatic rings. The maximum absolute atomic E-state index is 12.3. The molecular weight excluding hydrogens is 250 g/mol. The molecular formula is C11H21ClF2N2O. The van der Waals surface area contributed by atoms with Crippen LogP contribution in [0.1, 0.15) is 26.2 Å². The average Bonchev–Trinajstić information content (AvgIpc) is 2.28. The van der Waals surface area contributed by atoms with Gasteiger partial charge in [-0.15, -0.1) is 12.4 Å². The van der Waals surface area contributed by atoms with Crippen LogP contribution in [-0.4, -0.2) is 43.4 Å². The van der Waals surface area contributed by atoms with Gasteiger partial charge in [-0.05, 0) is 32.4 Å². The highest BCUT2D eigenvalue weighted by atomic mass is 35.5. The lowest BCUT2D eigenvalue weighted by atomic mass is 9.96. The van der Waals surface area contributed by atoms with Crippen molar-refractivity contribution < 1.29 is 13.6 Å². The van der Waals surface area contributed by atoms with Crippen molar-refractivity contribution in [2.45, 2.75) is 32.6 Å². The predicted molar refractivity (Wildman–Crippen MR) is 65.7 cm³/mol. The molecule has 1 N–H and O–H groups in total. The molecule has 17 heavy (non-hydrogen) atoms. The molecule has 0 spiro atoms. The molecule has 1 heterocycles. The number of piperidine rings is 1. The molecule has 1 aliphatic heterocycles. The lowest BCUT2D eigenvalue weighted by molar-refractivity contribution is -0.138. The fourth-order valence-corrected chi connectivity index (χ4v) is 2.06. The van der Waals surface area contributed by atoms with Crippen molar-refractivity contribution in [2.75, 3.05) is 26.2 Å². The van der Waals surface area contributed by atoms with Crippen LogP contribution in [0.4, 0.5) is 8.78 Å². The number of halogens is 3. The van der Waals surface area contributed by atoms with Gasteiger partial charge in [0.2, 0.25) is 5.91 Å². The summed E-state index contributed by atoms with van der Waals surface area (Å²) in [6, 6.07) is 0. The monoisotopic (exact) mass is 270 g/mol. The van der Waals surface area contributed by atoms with Crippen molar-refractivity contribution >= 4 is 18.3 Å². The Kier molecular flexibility index (Phi) is 8.43. The first kappa shape index (κ1) is 16.6. The quantitative estimate of drug-likeness (QED) is 0.828. The van der Waals surface area contributed by atoms with Crippen LogP contribution in [0, 0.1) is 5.92 Å². The van der Waals surface area contributed by atoms with Gasteiger partial charge in [0.05, 0.1) is 6.54 Å². The highest BCUT2D eigenvalue weighted by Crippen LogP contribution is 2.16. The summed E-state index contributed by atoms with van der Waals surface area (Å²) >= 11 is 0. The SMILES string of the molecule is CCCN(CC(F)F)C(=O)C1CCNCC1.Cl. The molecule has 0 unspecified atom stereocenters. The second kappa shape index (κ2) is 8.64. The first-order valence-corrected chi connectivity index (χ1v) is 5.92.